The quantitative estimate of drug-likeness (QED) is 0.252. The van der Waals surface area contributed by atoms with Gasteiger partial charge in [0.1, 0.15) is 5.54 Å². The van der Waals surface area contributed by atoms with Gasteiger partial charge in [-0.1, -0.05) is 73.5 Å². The van der Waals surface area contributed by atoms with E-state index in [1.165, 1.54) is 11.1 Å². The van der Waals surface area contributed by atoms with Crippen LogP contribution in [0.4, 0.5) is 0 Å². The van der Waals surface area contributed by atoms with Crippen molar-refractivity contribution in [2.24, 2.45) is 0 Å². The first-order valence-corrected chi connectivity index (χ1v) is 14.5. The molecule has 1 aliphatic rings. The van der Waals surface area contributed by atoms with Crippen LogP contribution in [0.15, 0.2) is 85.2 Å². The maximum absolute atomic E-state index is 14.6. The summed E-state index contributed by atoms with van der Waals surface area (Å²) in [5.41, 5.74) is 2.98. The fourth-order valence-corrected chi connectivity index (χ4v) is 6.10. The van der Waals surface area contributed by atoms with Crippen molar-refractivity contribution in [3.05, 3.63) is 102 Å². The second-order valence-electron chi connectivity index (χ2n) is 11.0. The van der Waals surface area contributed by atoms with Crippen LogP contribution in [0.5, 0.6) is 0 Å². The summed E-state index contributed by atoms with van der Waals surface area (Å²) < 4.78 is 0. The maximum atomic E-state index is 14.6. The highest BCUT2D eigenvalue weighted by molar-refractivity contribution is 5.91. The Balaban J connectivity index is 1.61. The maximum Gasteiger partial charge on any atom is 0.249 e. The Kier molecular flexibility index (Phi) is 10.3. The number of likely N-dealkylation sites (N-methyl/N-ethyl adjacent to an activating group) is 1. The smallest absolute Gasteiger partial charge is 0.249 e. The minimum atomic E-state index is -0.754. The molecule has 1 fully saturated rings. The van der Waals surface area contributed by atoms with Crippen LogP contribution in [0.25, 0.3) is 0 Å². The van der Waals surface area contributed by atoms with Crippen molar-refractivity contribution >= 4 is 11.8 Å². The van der Waals surface area contributed by atoms with Crippen molar-refractivity contribution in [3.8, 4) is 0 Å². The second kappa shape index (κ2) is 14.1. The summed E-state index contributed by atoms with van der Waals surface area (Å²) in [5.74, 6) is 0.0674. The number of aryl methyl sites for hydroxylation is 2. The van der Waals surface area contributed by atoms with Gasteiger partial charge < -0.3 is 9.80 Å². The van der Waals surface area contributed by atoms with Crippen molar-refractivity contribution in [3.63, 3.8) is 0 Å². The molecule has 1 aromatic heterocycles. The van der Waals surface area contributed by atoms with Gasteiger partial charge in [0.2, 0.25) is 11.8 Å². The molecular weight excluding hydrogens is 482 g/mol. The van der Waals surface area contributed by atoms with Gasteiger partial charge in [0, 0.05) is 39.0 Å². The average molecular weight is 526 g/mol. The number of hydrogen-bond acceptors (Lipinski definition) is 3. The van der Waals surface area contributed by atoms with Crippen LogP contribution in [0.3, 0.4) is 0 Å². The molecule has 4 rings (SSSR count). The van der Waals surface area contributed by atoms with Crippen LogP contribution < -0.4 is 0 Å². The molecule has 1 saturated carbocycles. The van der Waals surface area contributed by atoms with E-state index in [2.05, 4.69) is 70.5 Å². The van der Waals surface area contributed by atoms with Crippen LogP contribution in [0.1, 0.15) is 75.0 Å². The average Bonchev–Trinajstić information content (AvgIpc) is 3.47. The van der Waals surface area contributed by atoms with E-state index in [1.54, 1.807) is 24.2 Å². The van der Waals surface area contributed by atoms with E-state index in [9.17, 15) is 9.59 Å². The van der Waals surface area contributed by atoms with Crippen LogP contribution >= 0.6 is 0 Å². The van der Waals surface area contributed by atoms with Gasteiger partial charge in [-0.15, -0.1) is 0 Å². The third-order valence-electron chi connectivity index (χ3n) is 8.44. The summed E-state index contributed by atoms with van der Waals surface area (Å²) in [5, 5.41) is 0. The Hall–Kier alpha value is -3.47. The molecule has 0 aliphatic heterocycles. The fourth-order valence-electron chi connectivity index (χ4n) is 6.10. The fraction of sp³-hybridized carbons (Fsp3) is 0.441. The predicted molar refractivity (Wildman–Crippen MR) is 157 cm³/mol. The SMILES string of the molecule is CC(=O)N(C)C1(C(=O)N(Cc2ccncc2)C(CCCc2ccccc2)CCCc2ccccc2)CCCC1. The molecule has 0 unspecified atom stereocenters. The summed E-state index contributed by atoms with van der Waals surface area (Å²) in [6, 6.07) is 25.3. The molecular formula is C34H43N3O2. The van der Waals surface area contributed by atoms with E-state index in [1.807, 2.05) is 19.2 Å². The molecule has 3 aromatic rings. The van der Waals surface area contributed by atoms with Gasteiger partial charge in [0.05, 0.1) is 0 Å². The minimum Gasteiger partial charge on any atom is -0.333 e. The van der Waals surface area contributed by atoms with E-state index in [-0.39, 0.29) is 17.9 Å². The Morgan fingerprint density at radius 1 is 0.795 bits per heavy atom. The monoisotopic (exact) mass is 525 g/mol. The number of nitrogens with zero attached hydrogens (tertiary/aromatic N) is 3. The van der Waals surface area contributed by atoms with Gasteiger partial charge in [-0.05, 0) is 80.2 Å². The largest absolute Gasteiger partial charge is 0.333 e. The van der Waals surface area contributed by atoms with Gasteiger partial charge in [-0.2, -0.15) is 0 Å². The lowest BCUT2D eigenvalue weighted by Crippen LogP contribution is -2.60. The molecule has 2 amide bonds. The lowest BCUT2D eigenvalue weighted by Gasteiger charge is -2.43. The first-order valence-electron chi connectivity index (χ1n) is 14.5. The number of aromatic nitrogens is 1. The van der Waals surface area contributed by atoms with E-state index in [0.717, 1.165) is 69.8 Å². The number of amides is 2. The van der Waals surface area contributed by atoms with Crippen LogP contribution in [0.2, 0.25) is 0 Å². The van der Waals surface area contributed by atoms with Crippen molar-refractivity contribution in [1.29, 1.82) is 0 Å². The number of benzene rings is 2. The molecule has 0 N–H and O–H groups in total. The molecule has 0 saturated heterocycles. The molecule has 0 atom stereocenters. The standard InChI is InChI=1S/C34H43N3O2/c1-28(38)36(2)34(23-9-10-24-34)33(39)37(27-31-21-25-35-26-22-31)32(19-11-17-29-13-5-3-6-14-29)20-12-18-30-15-7-4-8-16-30/h3-8,13-16,21-22,25-26,32H,9-12,17-20,23-24,27H2,1-2H3. The molecule has 0 spiro atoms. The summed E-state index contributed by atoms with van der Waals surface area (Å²) in [6.07, 6.45) is 12.9. The topological polar surface area (TPSA) is 53.5 Å². The van der Waals surface area contributed by atoms with Gasteiger partial charge in [-0.25, -0.2) is 0 Å². The third-order valence-corrected chi connectivity index (χ3v) is 8.44. The number of pyridine rings is 1. The predicted octanol–water partition coefficient (Wildman–Crippen LogP) is 6.62. The molecule has 5 heteroatoms. The minimum absolute atomic E-state index is 0.0428. The zero-order valence-corrected chi connectivity index (χ0v) is 23.6. The molecule has 2 aromatic carbocycles. The Labute approximate surface area is 234 Å². The van der Waals surface area contributed by atoms with Gasteiger partial charge in [0.25, 0.3) is 0 Å². The molecule has 1 aliphatic carbocycles. The Morgan fingerprint density at radius 2 is 1.31 bits per heavy atom. The summed E-state index contributed by atoms with van der Waals surface area (Å²) in [4.78, 5) is 35.3. The highest BCUT2D eigenvalue weighted by atomic mass is 16.2. The van der Waals surface area contributed by atoms with Crippen molar-refractivity contribution in [1.82, 2.24) is 14.8 Å². The number of carbonyl (C=O) groups excluding carboxylic acids is 2. The van der Waals surface area contributed by atoms with E-state index in [0.29, 0.717) is 6.54 Å². The van der Waals surface area contributed by atoms with E-state index >= 15 is 0 Å². The molecule has 0 bridgehead atoms. The lowest BCUT2D eigenvalue weighted by molar-refractivity contribution is -0.154. The zero-order valence-electron chi connectivity index (χ0n) is 23.6. The van der Waals surface area contributed by atoms with Crippen LogP contribution in [-0.4, -0.2) is 45.2 Å². The van der Waals surface area contributed by atoms with Crippen molar-refractivity contribution in [2.75, 3.05) is 7.05 Å². The number of carbonyl (C=O) groups is 2. The summed E-state index contributed by atoms with van der Waals surface area (Å²) in [7, 11) is 1.82. The first kappa shape index (κ1) is 28.5. The summed E-state index contributed by atoms with van der Waals surface area (Å²) >= 11 is 0. The van der Waals surface area contributed by atoms with Gasteiger partial charge in [0.15, 0.2) is 0 Å². The third kappa shape index (κ3) is 7.56. The Bertz CT molecular complexity index is 1120. The van der Waals surface area contributed by atoms with E-state index < -0.39 is 5.54 Å². The highest BCUT2D eigenvalue weighted by Crippen LogP contribution is 2.38. The van der Waals surface area contributed by atoms with Crippen LogP contribution in [-0.2, 0) is 29.0 Å². The number of hydrogen-bond donors (Lipinski definition) is 0. The molecule has 0 radical (unpaired) electrons. The van der Waals surface area contributed by atoms with Crippen LogP contribution in [0, 0.1) is 0 Å². The second-order valence-corrected chi connectivity index (χ2v) is 11.0. The zero-order chi connectivity index (χ0) is 27.5. The van der Waals surface area contributed by atoms with Crippen molar-refractivity contribution < 1.29 is 9.59 Å². The molecule has 206 valence electrons. The van der Waals surface area contributed by atoms with Crippen molar-refractivity contribution in [2.45, 2.75) is 89.3 Å². The molecule has 5 nitrogen and oxygen atoms in total. The van der Waals surface area contributed by atoms with Gasteiger partial charge in [-0.3, -0.25) is 14.6 Å². The normalized spacial score (nSPS) is 14.3. The highest BCUT2D eigenvalue weighted by Gasteiger charge is 2.48. The Morgan fingerprint density at radius 3 is 1.79 bits per heavy atom. The van der Waals surface area contributed by atoms with E-state index in [4.69, 9.17) is 0 Å². The summed E-state index contributed by atoms with van der Waals surface area (Å²) in [6.45, 7) is 2.12. The molecule has 39 heavy (non-hydrogen) atoms. The number of rotatable bonds is 13. The molecule has 1 heterocycles. The lowest BCUT2D eigenvalue weighted by atomic mass is 9.90. The van der Waals surface area contributed by atoms with Gasteiger partial charge >= 0.3 is 0 Å². The first-order chi connectivity index (χ1) is 19.0.